The van der Waals surface area contributed by atoms with Gasteiger partial charge in [0, 0.05) is 30.8 Å². The van der Waals surface area contributed by atoms with Crippen molar-refractivity contribution in [2.24, 2.45) is 5.92 Å². The van der Waals surface area contributed by atoms with E-state index in [1.165, 1.54) is 12.1 Å². The second kappa shape index (κ2) is 8.86. The lowest BCUT2D eigenvalue weighted by Crippen LogP contribution is -2.35. The Balaban J connectivity index is 1.55. The van der Waals surface area contributed by atoms with Crippen molar-refractivity contribution >= 4 is 11.8 Å². The summed E-state index contributed by atoms with van der Waals surface area (Å²) in [5.41, 5.74) is 2.05. The average Bonchev–Trinajstić information content (AvgIpc) is 3.24. The van der Waals surface area contributed by atoms with Crippen LogP contribution in [0.3, 0.4) is 0 Å². The molecule has 1 saturated heterocycles. The van der Waals surface area contributed by atoms with E-state index < -0.39 is 5.92 Å². The monoisotopic (exact) mass is 403 g/mol. The molecule has 2 amide bonds. The molecule has 5 nitrogen and oxygen atoms in total. The van der Waals surface area contributed by atoms with E-state index >= 15 is 0 Å². The van der Waals surface area contributed by atoms with E-state index in [-0.39, 0.29) is 30.1 Å². The highest BCUT2D eigenvalue weighted by atomic mass is 19.1. The molecule has 2 heterocycles. The van der Waals surface area contributed by atoms with Gasteiger partial charge in [0.05, 0.1) is 18.2 Å². The summed E-state index contributed by atoms with van der Waals surface area (Å²) in [6.07, 6.45) is 1.67. The summed E-state index contributed by atoms with van der Waals surface area (Å²) in [5.74, 6) is -1.40. The highest BCUT2D eigenvalue weighted by Gasteiger charge is 2.40. The second-order valence-electron chi connectivity index (χ2n) is 7.38. The number of pyridine rings is 1. The number of carbonyl (C=O) groups is 2. The van der Waals surface area contributed by atoms with Gasteiger partial charge in [-0.1, -0.05) is 36.4 Å². The topological polar surface area (TPSA) is 62.3 Å². The predicted octanol–water partition coefficient (Wildman–Crippen LogP) is 3.39. The van der Waals surface area contributed by atoms with Gasteiger partial charge in [-0.05, 0) is 42.0 Å². The quantitative estimate of drug-likeness (QED) is 0.710. The maximum absolute atomic E-state index is 13.8. The van der Waals surface area contributed by atoms with Crippen LogP contribution in [0.15, 0.2) is 79.0 Å². The van der Waals surface area contributed by atoms with Gasteiger partial charge < -0.3 is 10.2 Å². The fraction of sp³-hybridized carbons (Fsp3) is 0.208. The van der Waals surface area contributed by atoms with Crippen molar-refractivity contribution < 1.29 is 14.0 Å². The molecule has 152 valence electrons. The second-order valence-corrected chi connectivity index (χ2v) is 7.38. The van der Waals surface area contributed by atoms with Crippen molar-refractivity contribution in [2.45, 2.75) is 12.5 Å². The number of amides is 2. The molecule has 0 radical (unpaired) electrons. The van der Waals surface area contributed by atoms with Crippen LogP contribution in [0.2, 0.25) is 0 Å². The molecular weight excluding hydrogens is 381 g/mol. The summed E-state index contributed by atoms with van der Waals surface area (Å²) >= 11 is 0. The Labute approximate surface area is 174 Å². The average molecular weight is 403 g/mol. The van der Waals surface area contributed by atoms with Gasteiger partial charge in [-0.25, -0.2) is 4.39 Å². The van der Waals surface area contributed by atoms with Gasteiger partial charge in [-0.2, -0.15) is 0 Å². The first-order valence-corrected chi connectivity index (χ1v) is 9.89. The molecule has 4 rings (SSSR count). The number of likely N-dealkylation sites (tertiary alicyclic amines) is 1. The number of hydrogen-bond acceptors (Lipinski definition) is 3. The molecule has 2 atom stereocenters. The molecule has 6 heteroatoms. The van der Waals surface area contributed by atoms with Gasteiger partial charge in [-0.3, -0.25) is 14.6 Å². The number of nitrogens with one attached hydrogen (secondary N) is 1. The number of hydrogen-bond donors (Lipinski definition) is 1. The normalized spacial score (nSPS) is 18.2. The Morgan fingerprint density at radius 3 is 2.53 bits per heavy atom. The van der Waals surface area contributed by atoms with Gasteiger partial charge in [0.1, 0.15) is 5.82 Å². The summed E-state index contributed by atoms with van der Waals surface area (Å²) in [6.45, 7) is 0.945. The maximum Gasteiger partial charge on any atom is 0.253 e. The third-order valence-corrected chi connectivity index (χ3v) is 5.41. The first-order valence-electron chi connectivity index (χ1n) is 9.89. The predicted molar refractivity (Wildman–Crippen MR) is 111 cm³/mol. The number of benzene rings is 2. The van der Waals surface area contributed by atoms with Crippen LogP contribution in [0.5, 0.6) is 0 Å². The Kier molecular flexibility index (Phi) is 5.84. The molecule has 1 N–H and O–H groups in total. The number of nitrogens with zero attached hydrogens (tertiary/aromatic N) is 2. The lowest BCUT2D eigenvalue weighted by atomic mass is 9.88. The third-order valence-electron chi connectivity index (χ3n) is 5.41. The van der Waals surface area contributed by atoms with Crippen LogP contribution in [0.25, 0.3) is 0 Å². The van der Waals surface area contributed by atoms with Gasteiger partial charge in [0.15, 0.2) is 0 Å². The number of halogens is 1. The first kappa shape index (κ1) is 19.8. The van der Waals surface area contributed by atoms with Crippen LogP contribution in [0.1, 0.15) is 27.5 Å². The molecule has 1 fully saturated rings. The molecule has 0 spiro atoms. The summed E-state index contributed by atoms with van der Waals surface area (Å²) in [7, 11) is 0. The van der Waals surface area contributed by atoms with E-state index in [0.29, 0.717) is 18.7 Å². The summed E-state index contributed by atoms with van der Waals surface area (Å²) < 4.78 is 13.8. The molecule has 30 heavy (non-hydrogen) atoms. The zero-order valence-corrected chi connectivity index (χ0v) is 16.4. The standard InChI is InChI=1S/C24H22FN3O2/c25-19-10-6-9-18(13-19)21-15-28(24(30)17-7-2-1-3-8-17)16-22(21)23(29)27-14-20-11-4-5-12-26-20/h1-13,21-22H,14-16H2,(H,27,29). The van der Waals surface area contributed by atoms with Crippen molar-refractivity contribution in [3.8, 4) is 0 Å². The number of aromatic nitrogens is 1. The molecule has 1 aliphatic heterocycles. The van der Waals surface area contributed by atoms with Gasteiger partial charge >= 0.3 is 0 Å². The zero-order chi connectivity index (χ0) is 20.9. The SMILES string of the molecule is O=C(NCc1ccccn1)C1CN(C(=O)c2ccccc2)CC1c1cccc(F)c1. The lowest BCUT2D eigenvalue weighted by molar-refractivity contribution is -0.125. The van der Waals surface area contributed by atoms with Crippen molar-refractivity contribution in [1.82, 2.24) is 15.2 Å². The highest BCUT2D eigenvalue weighted by Crippen LogP contribution is 2.34. The van der Waals surface area contributed by atoms with Crippen molar-refractivity contribution in [3.05, 3.63) is 102 Å². The Hall–Kier alpha value is -3.54. The minimum atomic E-state index is -0.469. The Bertz CT molecular complexity index is 1030. The minimum Gasteiger partial charge on any atom is -0.350 e. The van der Waals surface area contributed by atoms with Gasteiger partial charge in [0.2, 0.25) is 5.91 Å². The molecule has 0 aliphatic carbocycles. The first-order chi connectivity index (χ1) is 14.6. The number of carbonyl (C=O) groups excluding carboxylic acids is 2. The van der Waals surface area contributed by atoms with Crippen LogP contribution in [-0.2, 0) is 11.3 Å². The van der Waals surface area contributed by atoms with Crippen molar-refractivity contribution in [3.63, 3.8) is 0 Å². The van der Waals surface area contributed by atoms with Gasteiger partial charge in [-0.15, -0.1) is 0 Å². The molecule has 2 unspecified atom stereocenters. The molecule has 1 aliphatic rings. The fourth-order valence-corrected chi connectivity index (χ4v) is 3.89. The zero-order valence-electron chi connectivity index (χ0n) is 16.4. The number of rotatable bonds is 5. The molecule has 3 aromatic rings. The molecular formula is C24H22FN3O2. The van der Waals surface area contributed by atoms with Crippen molar-refractivity contribution in [2.75, 3.05) is 13.1 Å². The van der Waals surface area contributed by atoms with Crippen LogP contribution in [0, 0.1) is 11.7 Å². The molecule has 0 bridgehead atoms. The van der Waals surface area contributed by atoms with Crippen LogP contribution >= 0.6 is 0 Å². The van der Waals surface area contributed by atoms with E-state index in [1.54, 1.807) is 29.3 Å². The van der Waals surface area contributed by atoms with Gasteiger partial charge in [0.25, 0.3) is 5.91 Å². The van der Waals surface area contributed by atoms with E-state index in [1.807, 2.05) is 42.5 Å². The molecule has 1 aromatic heterocycles. The summed E-state index contributed by atoms with van der Waals surface area (Å²) in [5, 5.41) is 2.92. The van der Waals surface area contributed by atoms with E-state index in [4.69, 9.17) is 0 Å². The molecule has 0 saturated carbocycles. The third kappa shape index (κ3) is 4.38. The fourth-order valence-electron chi connectivity index (χ4n) is 3.89. The van der Waals surface area contributed by atoms with E-state index in [2.05, 4.69) is 10.3 Å². The maximum atomic E-state index is 13.8. The van der Waals surface area contributed by atoms with Crippen LogP contribution < -0.4 is 5.32 Å². The largest absolute Gasteiger partial charge is 0.350 e. The van der Waals surface area contributed by atoms with Crippen LogP contribution in [0.4, 0.5) is 4.39 Å². The van der Waals surface area contributed by atoms with E-state index in [0.717, 1.165) is 11.3 Å². The minimum absolute atomic E-state index is 0.128. The Morgan fingerprint density at radius 2 is 1.80 bits per heavy atom. The highest BCUT2D eigenvalue weighted by molar-refractivity contribution is 5.95. The van der Waals surface area contributed by atoms with E-state index in [9.17, 15) is 14.0 Å². The smallest absolute Gasteiger partial charge is 0.253 e. The molecule has 2 aromatic carbocycles. The van der Waals surface area contributed by atoms with Crippen LogP contribution in [-0.4, -0.2) is 34.8 Å². The lowest BCUT2D eigenvalue weighted by Gasteiger charge is -2.18. The summed E-state index contributed by atoms with van der Waals surface area (Å²) in [4.78, 5) is 31.9. The van der Waals surface area contributed by atoms with Crippen molar-refractivity contribution in [1.29, 1.82) is 0 Å². The Morgan fingerprint density at radius 1 is 1.00 bits per heavy atom. The summed E-state index contributed by atoms with van der Waals surface area (Å²) in [6, 6.07) is 20.8.